The second-order valence-corrected chi connectivity index (χ2v) is 30.1. The van der Waals surface area contributed by atoms with E-state index in [1.807, 2.05) is 0 Å². The number of rotatable bonds is 141. The van der Waals surface area contributed by atoms with E-state index in [1.54, 1.807) is 7.11 Å². The highest BCUT2D eigenvalue weighted by Crippen LogP contribution is 2.08. The number of amides is 2. The fraction of sp³-hybridized carbons (Fsp3) is 0.979. The molecular weight excluding hydrogens is 1960 g/mol. The summed E-state index contributed by atoms with van der Waals surface area (Å²) in [5.41, 5.74) is 10.4. The molecule has 0 saturated heterocycles. The van der Waals surface area contributed by atoms with Crippen molar-refractivity contribution in [2.45, 2.75) is 12.8 Å². The van der Waals surface area contributed by atoms with Gasteiger partial charge in [-0.05, 0) is 6.42 Å². The Morgan fingerprint density at radius 2 is 0.190 bits per heavy atom. The number of primary amides is 2. The first-order valence-corrected chi connectivity index (χ1v) is 52.1. The lowest BCUT2D eigenvalue weighted by atomic mass is 10.0. The lowest BCUT2D eigenvalue weighted by molar-refractivity contribution is -0.127. The van der Waals surface area contributed by atoms with Gasteiger partial charge in [-0.15, -0.1) is 0 Å². The Kier molecular flexibility index (Phi) is 135. The molecule has 0 spiro atoms. The van der Waals surface area contributed by atoms with Crippen LogP contribution in [0.25, 0.3) is 0 Å². The molecule has 0 aromatic rings. The van der Waals surface area contributed by atoms with Crippen LogP contribution in [0.4, 0.5) is 0 Å². The van der Waals surface area contributed by atoms with E-state index >= 15 is 0 Å². The van der Waals surface area contributed by atoms with Crippen LogP contribution in [0.3, 0.4) is 0 Å². The topological polar surface area (TPSA) is 511 Å². The molecule has 0 bridgehead atoms. The Labute approximate surface area is 874 Å². The first-order valence-electron chi connectivity index (χ1n) is 52.1. The number of methoxy groups -OCH3 is 1. The van der Waals surface area contributed by atoms with E-state index in [2.05, 4.69) is 0 Å². The standard InChI is InChI=1S/C97H194N2O48/c1-102-4-5-104-8-9-106-12-13-108-16-17-110-20-21-112-24-25-114-28-29-116-32-33-118-36-37-120-40-41-122-44-45-124-48-49-126-52-53-128-56-57-130-60-61-132-64-65-134-68-69-136-72-73-138-76-77-140-80-81-142-84-85-144-88-89-146-92-93-147-91-90-145-87-86-143-83-82-141-79-78-139-75-74-137-71-70-135-67-66-133-63-62-131-59-58-129-55-54-127-51-50-125-47-46-123-43-42-121-39-38-119-35-34-117-31-30-115-27-26-113-23-22-111-19-18-109-15-14-107-11-10-105-7-6-103-3-2-95(97(99)101)94-96(98)100/h95H,2-94H2,1H3,(H2,98,100)(H2,99,101). The van der Waals surface area contributed by atoms with Gasteiger partial charge in [0.25, 0.3) is 0 Å². The highest BCUT2D eigenvalue weighted by atomic mass is 16.7. The molecule has 0 radical (unpaired) electrons. The average Bonchev–Trinajstić information content (AvgIpc) is 0.950. The number of ether oxygens (including phenoxy) is 46. The summed E-state index contributed by atoms with van der Waals surface area (Å²) >= 11 is 0. The zero-order valence-corrected chi connectivity index (χ0v) is 89.1. The summed E-state index contributed by atoms with van der Waals surface area (Å²) in [5, 5.41) is 0. The van der Waals surface area contributed by atoms with E-state index in [1.165, 1.54) is 0 Å². The van der Waals surface area contributed by atoms with Crippen LogP contribution >= 0.6 is 0 Å². The van der Waals surface area contributed by atoms with Crippen LogP contribution in [-0.2, 0) is 227 Å². The fourth-order valence-corrected chi connectivity index (χ4v) is 10.7. The zero-order valence-electron chi connectivity index (χ0n) is 89.1. The maximum Gasteiger partial charge on any atom is 0.221 e. The van der Waals surface area contributed by atoms with Gasteiger partial charge in [-0.25, -0.2) is 0 Å². The third kappa shape index (κ3) is 137. The van der Waals surface area contributed by atoms with Crippen molar-refractivity contribution in [1.29, 1.82) is 0 Å². The molecule has 0 aromatic carbocycles. The summed E-state index contributed by atoms with van der Waals surface area (Å²) in [4.78, 5) is 22.3. The van der Waals surface area contributed by atoms with Crippen molar-refractivity contribution in [3.8, 4) is 0 Å². The largest absolute Gasteiger partial charge is 0.382 e. The molecule has 0 saturated carbocycles. The van der Waals surface area contributed by atoms with E-state index in [9.17, 15) is 9.59 Å². The van der Waals surface area contributed by atoms with Gasteiger partial charge in [-0.1, -0.05) is 0 Å². The summed E-state index contributed by atoms with van der Waals surface area (Å²) in [6, 6.07) is 0. The Balaban J connectivity index is 3.12. The summed E-state index contributed by atoms with van der Waals surface area (Å²) in [7, 11) is 1.64. The molecular formula is C97H194N2O48. The second kappa shape index (κ2) is 137. The maximum atomic E-state index is 11.3. The van der Waals surface area contributed by atoms with Gasteiger partial charge >= 0.3 is 0 Å². The molecule has 50 nitrogen and oxygen atoms in total. The summed E-state index contributed by atoms with van der Waals surface area (Å²) < 4.78 is 253. The molecule has 1 unspecified atom stereocenters. The number of hydrogen-bond donors (Lipinski definition) is 2. The first-order chi connectivity index (χ1) is 73.1. The molecule has 147 heavy (non-hydrogen) atoms. The summed E-state index contributed by atoms with van der Waals surface area (Å²) in [5.74, 6) is -1.76. The van der Waals surface area contributed by atoms with Crippen molar-refractivity contribution in [3.63, 3.8) is 0 Å². The molecule has 2 amide bonds. The van der Waals surface area contributed by atoms with Crippen LogP contribution in [0, 0.1) is 5.92 Å². The predicted octanol–water partition coefficient (Wildman–Crippen LogP) is -0.253. The van der Waals surface area contributed by atoms with Crippen molar-refractivity contribution in [3.05, 3.63) is 0 Å². The molecule has 1 atom stereocenters. The van der Waals surface area contributed by atoms with Crippen molar-refractivity contribution in [2.24, 2.45) is 17.4 Å². The predicted molar refractivity (Wildman–Crippen MR) is 530 cm³/mol. The van der Waals surface area contributed by atoms with Gasteiger partial charge in [0.1, 0.15) is 0 Å². The van der Waals surface area contributed by atoms with Gasteiger partial charge in [0.15, 0.2) is 0 Å². The molecule has 0 aliphatic heterocycles. The highest BCUT2D eigenvalue weighted by molar-refractivity contribution is 5.83. The molecule has 880 valence electrons. The van der Waals surface area contributed by atoms with E-state index in [4.69, 9.17) is 229 Å². The Morgan fingerprint density at radius 3 is 0.252 bits per heavy atom. The minimum Gasteiger partial charge on any atom is -0.382 e. The minimum absolute atomic E-state index is 0.0836. The van der Waals surface area contributed by atoms with Gasteiger partial charge in [-0.3, -0.25) is 9.59 Å². The highest BCUT2D eigenvalue weighted by Gasteiger charge is 2.18. The van der Waals surface area contributed by atoms with Crippen LogP contribution in [-0.4, -0.2) is 620 Å². The third-order valence-corrected chi connectivity index (χ3v) is 18.3. The SMILES string of the molecule is COCCOCCOCCOCCOCCOCCOCCOCCOCCOCCOCCOCCOCCOCCOCCOCCOCCOCCOCCOCCOCCOCCOCCOCCOCCOCCOCCOCCOCCOCCOCCOCCOCCOCCOCCOCCOCCOCCOCCOCCOCCOCCOCCOCCOCCOCCC(CC(N)=O)C(N)=O. The van der Waals surface area contributed by atoms with Crippen LogP contribution in [0.2, 0.25) is 0 Å². The molecule has 0 heterocycles. The Morgan fingerprint density at radius 1 is 0.122 bits per heavy atom. The number of nitrogens with two attached hydrogens (primary N) is 2. The quantitative estimate of drug-likeness (QED) is 0.0741. The fourth-order valence-electron chi connectivity index (χ4n) is 10.7. The van der Waals surface area contributed by atoms with Gasteiger partial charge in [0, 0.05) is 26.1 Å². The van der Waals surface area contributed by atoms with Crippen molar-refractivity contribution in [2.75, 3.05) is 608 Å². The third-order valence-electron chi connectivity index (χ3n) is 18.3. The molecule has 0 aliphatic carbocycles. The number of carbonyl (C=O) groups is 2. The van der Waals surface area contributed by atoms with E-state index in [-0.39, 0.29) is 13.0 Å². The Hall–Kier alpha value is -2.90. The molecule has 50 heteroatoms. The number of hydrogen-bond acceptors (Lipinski definition) is 48. The smallest absolute Gasteiger partial charge is 0.221 e. The van der Waals surface area contributed by atoms with E-state index < -0.39 is 17.7 Å². The van der Waals surface area contributed by atoms with Crippen LogP contribution in [0.15, 0.2) is 0 Å². The van der Waals surface area contributed by atoms with Crippen molar-refractivity contribution < 1.29 is 227 Å². The normalized spacial score (nSPS) is 12.0. The minimum atomic E-state index is -0.621. The monoisotopic (exact) mass is 2160 g/mol. The molecule has 0 aromatic heterocycles. The number of carbonyl (C=O) groups excluding carboxylic acids is 2. The Bertz CT molecular complexity index is 2170. The molecule has 0 rings (SSSR count). The van der Waals surface area contributed by atoms with Crippen molar-refractivity contribution in [1.82, 2.24) is 0 Å². The van der Waals surface area contributed by atoms with Crippen LogP contribution in [0.1, 0.15) is 12.8 Å². The van der Waals surface area contributed by atoms with Gasteiger partial charge in [0.05, 0.1) is 595 Å². The molecule has 0 aliphatic rings. The molecule has 4 N–H and O–H groups in total. The summed E-state index contributed by atoms with van der Waals surface area (Å²) in [6.07, 6.45) is 0.248. The van der Waals surface area contributed by atoms with Gasteiger partial charge in [0.2, 0.25) is 11.8 Å². The summed E-state index contributed by atoms with van der Waals surface area (Å²) in [6.45, 7) is 42.9. The zero-order chi connectivity index (χ0) is 105. The van der Waals surface area contributed by atoms with Gasteiger partial charge < -0.3 is 229 Å². The van der Waals surface area contributed by atoms with E-state index in [0.717, 1.165) is 0 Å². The average molecular weight is 2160 g/mol. The van der Waals surface area contributed by atoms with Crippen LogP contribution in [0.5, 0.6) is 0 Å². The molecule has 0 fully saturated rings. The van der Waals surface area contributed by atoms with Crippen molar-refractivity contribution >= 4 is 11.8 Å². The van der Waals surface area contributed by atoms with Crippen LogP contribution < -0.4 is 11.5 Å². The lowest BCUT2D eigenvalue weighted by Gasteiger charge is -2.11. The first kappa shape index (κ1) is 144. The van der Waals surface area contributed by atoms with Gasteiger partial charge in [-0.2, -0.15) is 0 Å². The maximum absolute atomic E-state index is 11.3. The second-order valence-electron chi connectivity index (χ2n) is 30.1. The van der Waals surface area contributed by atoms with E-state index in [0.29, 0.717) is 601 Å². The lowest BCUT2D eigenvalue weighted by Crippen LogP contribution is -2.29.